The number of hydrogen-bond donors (Lipinski definition) is 2. The number of benzene rings is 2. The Morgan fingerprint density at radius 3 is 2.54 bits per heavy atom. The van der Waals surface area contributed by atoms with E-state index in [9.17, 15) is 0 Å². The Balaban J connectivity index is 1.72. The maximum atomic E-state index is 4.68. The van der Waals surface area contributed by atoms with Crippen LogP contribution < -0.4 is 11.1 Å². The fraction of sp³-hybridized carbons (Fsp3) is 0.200. The summed E-state index contributed by atoms with van der Waals surface area (Å²) in [6.45, 7) is 4.23. The van der Waals surface area contributed by atoms with E-state index in [-0.39, 0.29) is 6.04 Å². The molecule has 28 heavy (non-hydrogen) atoms. The molecule has 144 valence electrons. The van der Waals surface area contributed by atoms with E-state index in [0.717, 1.165) is 32.3 Å². The maximum Gasteiger partial charge on any atom is 0.177 e. The van der Waals surface area contributed by atoms with Crippen molar-refractivity contribution in [2.45, 2.75) is 30.7 Å². The highest BCUT2D eigenvalue weighted by atomic mass is 79.9. The number of rotatable bonds is 6. The van der Waals surface area contributed by atoms with Crippen LogP contribution in [0.25, 0.3) is 5.69 Å². The summed E-state index contributed by atoms with van der Waals surface area (Å²) in [5.41, 5.74) is 9.24. The molecule has 0 saturated carbocycles. The van der Waals surface area contributed by atoms with Gasteiger partial charge in [-0.25, -0.2) is 10.2 Å². The molecule has 1 aromatic heterocycles. The lowest BCUT2D eigenvalue weighted by atomic mass is 10.2. The van der Waals surface area contributed by atoms with E-state index in [1.54, 1.807) is 11.8 Å². The second kappa shape index (κ2) is 8.38. The van der Waals surface area contributed by atoms with Crippen LogP contribution in [0.1, 0.15) is 25.0 Å². The van der Waals surface area contributed by atoms with E-state index in [0.29, 0.717) is 0 Å². The lowest BCUT2D eigenvalue weighted by molar-refractivity contribution is 0.246. The highest BCUT2D eigenvalue weighted by Gasteiger charge is 2.27. The van der Waals surface area contributed by atoms with Crippen molar-refractivity contribution < 1.29 is 0 Å². The van der Waals surface area contributed by atoms with Crippen LogP contribution in [0.4, 0.5) is 0 Å². The van der Waals surface area contributed by atoms with Crippen molar-refractivity contribution in [1.82, 2.24) is 25.9 Å². The summed E-state index contributed by atoms with van der Waals surface area (Å²) in [6, 6.07) is 18.9. The van der Waals surface area contributed by atoms with E-state index in [1.807, 2.05) is 34.1 Å². The van der Waals surface area contributed by atoms with Crippen LogP contribution in [-0.2, 0) is 5.75 Å². The van der Waals surface area contributed by atoms with Crippen molar-refractivity contribution in [3.8, 4) is 5.69 Å². The summed E-state index contributed by atoms with van der Waals surface area (Å²) in [6.07, 6.45) is 1.89. The lowest BCUT2D eigenvalue weighted by Crippen LogP contribution is -2.45. The van der Waals surface area contributed by atoms with Crippen LogP contribution in [-0.4, -0.2) is 26.7 Å². The molecule has 0 unspecified atom stereocenters. The number of hydrazone groups is 1. The number of amidine groups is 1. The van der Waals surface area contributed by atoms with Crippen molar-refractivity contribution in [2.24, 2.45) is 5.10 Å². The van der Waals surface area contributed by atoms with Gasteiger partial charge >= 0.3 is 0 Å². The van der Waals surface area contributed by atoms with Crippen molar-refractivity contribution in [3.05, 3.63) is 76.4 Å². The van der Waals surface area contributed by atoms with Gasteiger partial charge < -0.3 is 0 Å². The Kier molecular flexibility index (Phi) is 5.70. The molecule has 1 aliphatic rings. The Morgan fingerprint density at radius 2 is 1.82 bits per heavy atom. The maximum absolute atomic E-state index is 4.68. The molecule has 0 atom stereocenters. The van der Waals surface area contributed by atoms with Crippen LogP contribution in [0, 0.1) is 0 Å². The van der Waals surface area contributed by atoms with Crippen LogP contribution >= 0.6 is 27.7 Å². The van der Waals surface area contributed by atoms with Gasteiger partial charge in [-0.1, -0.05) is 46.3 Å². The smallest absolute Gasteiger partial charge is 0.177 e. The fourth-order valence-electron chi connectivity index (χ4n) is 2.92. The van der Waals surface area contributed by atoms with Gasteiger partial charge in [-0.05, 0) is 43.7 Å². The molecule has 6 nitrogen and oxygen atoms in total. The Hall–Kier alpha value is -2.29. The normalized spacial score (nSPS) is 13.7. The van der Waals surface area contributed by atoms with Gasteiger partial charge in [0.2, 0.25) is 0 Å². The highest BCUT2D eigenvalue weighted by molar-refractivity contribution is 9.10. The van der Waals surface area contributed by atoms with Crippen molar-refractivity contribution >= 4 is 33.5 Å². The van der Waals surface area contributed by atoms with Crippen LogP contribution in [0.15, 0.2) is 75.4 Å². The van der Waals surface area contributed by atoms with E-state index in [1.165, 1.54) is 5.56 Å². The molecule has 2 aromatic carbocycles. The Bertz CT molecular complexity index is 968. The van der Waals surface area contributed by atoms with Gasteiger partial charge in [0.25, 0.3) is 0 Å². The number of halogens is 1. The number of hydrogen-bond acceptors (Lipinski definition) is 6. The summed E-state index contributed by atoms with van der Waals surface area (Å²) in [5, 5.41) is 12.2. The van der Waals surface area contributed by atoms with E-state index in [2.05, 4.69) is 87.4 Å². The largest absolute Gasteiger partial charge is 0.268 e. The first-order valence-corrected chi connectivity index (χ1v) is 10.8. The van der Waals surface area contributed by atoms with Gasteiger partial charge in [-0.15, -0.1) is 22.4 Å². The molecule has 3 aromatic rings. The first kappa shape index (κ1) is 19.0. The van der Waals surface area contributed by atoms with Crippen molar-refractivity contribution in [3.63, 3.8) is 0 Å². The minimum atomic E-state index is 0.247. The molecule has 0 amide bonds. The first-order valence-electron chi connectivity index (χ1n) is 9.02. The average Bonchev–Trinajstić information content (AvgIpc) is 3.34. The monoisotopic (exact) mass is 456 g/mol. The van der Waals surface area contributed by atoms with E-state index >= 15 is 0 Å². The van der Waals surface area contributed by atoms with Gasteiger partial charge in [0.15, 0.2) is 5.84 Å². The van der Waals surface area contributed by atoms with Gasteiger partial charge in [0.05, 0.1) is 17.4 Å². The molecular formula is C20H21BrN6S. The fourth-order valence-corrected chi connectivity index (χ4v) is 4.26. The number of nitrogens with zero attached hydrogens (tertiary/aromatic N) is 4. The van der Waals surface area contributed by atoms with Crippen LogP contribution in [0.2, 0.25) is 0 Å². The summed E-state index contributed by atoms with van der Waals surface area (Å²) in [5.74, 6) is 1.69. The molecule has 2 heterocycles. The number of hydrazine groups is 2. The first-order chi connectivity index (χ1) is 13.6. The van der Waals surface area contributed by atoms with Crippen molar-refractivity contribution in [2.75, 3.05) is 0 Å². The van der Waals surface area contributed by atoms with Gasteiger partial charge in [-0.2, -0.15) is 5.10 Å². The van der Waals surface area contributed by atoms with Crippen LogP contribution in [0.3, 0.4) is 0 Å². The minimum Gasteiger partial charge on any atom is -0.268 e. The van der Waals surface area contributed by atoms with Crippen molar-refractivity contribution in [1.29, 1.82) is 0 Å². The van der Waals surface area contributed by atoms with E-state index in [4.69, 9.17) is 0 Å². The Morgan fingerprint density at radius 1 is 1.07 bits per heavy atom. The van der Waals surface area contributed by atoms with Gasteiger partial charge in [0.1, 0.15) is 5.03 Å². The summed E-state index contributed by atoms with van der Waals surface area (Å²) in [7, 11) is 0. The second-order valence-corrected chi connectivity index (χ2v) is 8.53. The third kappa shape index (κ3) is 3.94. The van der Waals surface area contributed by atoms with E-state index < -0.39 is 0 Å². The topological polar surface area (TPSA) is 57.5 Å². The SMILES string of the molecule is CC(C)N1NNN=C1c1cnn(-c2ccc(Br)cc2)c1SCc1ccccc1. The third-order valence-corrected chi connectivity index (χ3v) is 6.01. The molecule has 0 spiro atoms. The molecular weight excluding hydrogens is 436 g/mol. The molecule has 8 heteroatoms. The third-order valence-electron chi connectivity index (χ3n) is 4.33. The Labute approximate surface area is 177 Å². The lowest BCUT2D eigenvalue weighted by Gasteiger charge is -2.23. The molecule has 0 saturated heterocycles. The average molecular weight is 457 g/mol. The zero-order valence-corrected chi connectivity index (χ0v) is 18.0. The predicted octanol–water partition coefficient (Wildman–Crippen LogP) is 4.32. The summed E-state index contributed by atoms with van der Waals surface area (Å²) < 4.78 is 3.02. The zero-order valence-electron chi connectivity index (χ0n) is 15.6. The molecule has 0 aliphatic carbocycles. The molecule has 4 rings (SSSR count). The molecule has 1 aliphatic heterocycles. The van der Waals surface area contributed by atoms with Gasteiger partial charge in [-0.3, -0.25) is 5.01 Å². The standard InChI is InChI=1S/C20H21BrN6S/c1-14(2)26-19(23-24-25-26)18-12-22-27(17-10-8-16(21)9-11-17)20(18)28-13-15-6-4-3-5-7-15/h3-12,14,24-25H,13H2,1-2H3. The number of thioether (sulfide) groups is 1. The highest BCUT2D eigenvalue weighted by Crippen LogP contribution is 2.30. The predicted molar refractivity (Wildman–Crippen MR) is 117 cm³/mol. The number of aromatic nitrogens is 2. The summed E-state index contributed by atoms with van der Waals surface area (Å²) in [4.78, 5) is 0. The molecule has 2 N–H and O–H groups in total. The zero-order chi connectivity index (χ0) is 19.5. The summed E-state index contributed by atoms with van der Waals surface area (Å²) >= 11 is 5.26. The molecule has 0 fully saturated rings. The van der Waals surface area contributed by atoms with Gasteiger partial charge in [0, 0.05) is 16.3 Å². The van der Waals surface area contributed by atoms with Crippen LogP contribution in [0.5, 0.6) is 0 Å². The number of nitrogens with one attached hydrogen (secondary N) is 2. The molecule has 0 radical (unpaired) electrons. The molecule has 0 bridgehead atoms. The minimum absolute atomic E-state index is 0.247. The quantitative estimate of drug-likeness (QED) is 0.540. The second-order valence-electron chi connectivity index (χ2n) is 6.65.